The van der Waals surface area contributed by atoms with Crippen LogP contribution in [0.2, 0.25) is 0 Å². The molecule has 0 aliphatic heterocycles. The van der Waals surface area contributed by atoms with Crippen molar-refractivity contribution in [1.82, 2.24) is 9.97 Å². The van der Waals surface area contributed by atoms with E-state index >= 15 is 0 Å². The Kier molecular flexibility index (Phi) is 5.95. The highest BCUT2D eigenvalue weighted by molar-refractivity contribution is 5.17. The molecule has 0 spiro atoms. The van der Waals surface area contributed by atoms with Crippen LogP contribution in [-0.2, 0) is 0 Å². The fraction of sp³-hybridized carbons (Fsp3) is 0.714. The molecule has 0 aliphatic rings. The normalized spacial score (nSPS) is 12.5. The quantitative estimate of drug-likeness (QED) is 0.724. The third-order valence-corrected chi connectivity index (χ3v) is 3.02. The van der Waals surface area contributed by atoms with Crippen LogP contribution in [-0.4, -0.2) is 16.6 Å². The molecule has 96 valence electrons. The van der Waals surface area contributed by atoms with Gasteiger partial charge in [-0.1, -0.05) is 33.1 Å². The van der Waals surface area contributed by atoms with Crippen LogP contribution in [0.3, 0.4) is 0 Å². The molecule has 0 N–H and O–H groups in total. The molecule has 1 atom stereocenters. The van der Waals surface area contributed by atoms with E-state index in [1.807, 2.05) is 13.8 Å². The first kappa shape index (κ1) is 13.9. The molecule has 3 nitrogen and oxygen atoms in total. The Hall–Kier alpha value is -1.12. The fourth-order valence-corrected chi connectivity index (χ4v) is 1.82. The van der Waals surface area contributed by atoms with Gasteiger partial charge in [0.05, 0.1) is 24.2 Å². The highest BCUT2D eigenvalue weighted by Gasteiger charge is 2.09. The van der Waals surface area contributed by atoms with Crippen LogP contribution in [0, 0.1) is 19.8 Å². The van der Waals surface area contributed by atoms with Crippen molar-refractivity contribution in [1.29, 1.82) is 0 Å². The SMILES string of the molecule is CCCCC(CC)COc1ncc(C)nc1C. The van der Waals surface area contributed by atoms with E-state index in [0.717, 1.165) is 18.0 Å². The minimum absolute atomic E-state index is 0.637. The van der Waals surface area contributed by atoms with Gasteiger partial charge in [-0.3, -0.25) is 4.98 Å². The number of rotatable bonds is 7. The molecule has 1 rings (SSSR count). The van der Waals surface area contributed by atoms with Crippen molar-refractivity contribution in [2.45, 2.75) is 53.4 Å². The van der Waals surface area contributed by atoms with Gasteiger partial charge in [-0.2, -0.15) is 0 Å². The lowest BCUT2D eigenvalue weighted by atomic mass is 10.0. The molecule has 0 aliphatic carbocycles. The van der Waals surface area contributed by atoms with E-state index in [0.29, 0.717) is 11.8 Å². The molecule has 1 unspecified atom stereocenters. The Morgan fingerprint density at radius 2 is 2.06 bits per heavy atom. The largest absolute Gasteiger partial charge is 0.476 e. The molecule has 0 fully saturated rings. The van der Waals surface area contributed by atoms with Gasteiger partial charge in [0.25, 0.3) is 0 Å². The number of ether oxygens (including phenoxy) is 1. The summed E-state index contributed by atoms with van der Waals surface area (Å²) < 4.78 is 5.77. The summed E-state index contributed by atoms with van der Waals surface area (Å²) in [5, 5.41) is 0. The lowest BCUT2D eigenvalue weighted by Gasteiger charge is -2.15. The molecule has 0 radical (unpaired) electrons. The molecule has 1 heterocycles. The third kappa shape index (κ3) is 4.72. The van der Waals surface area contributed by atoms with Crippen molar-refractivity contribution in [3.63, 3.8) is 0 Å². The zero-order chi connectivity index (χ0) is 12.7. The smallest absolute Gasteiger partial charge is 0.235 e. The van der Waals surface area contributed by atoms with Gasteiger partial charge in [0.2, 0.25) is 5.88 Å². The number of hydrogen-bond acceptors (Lipinski definition) is 3. The Labute approximate surface area is 105 Å². The number of unbranched alkanes of at least 4 members (excludes halogenated alkanes) is 1. The van der Waals surface area contributed by atoms with Gasteiger partial charge in [-0.25, -0.2) is 4.98 Å². The summed E-state index contributed by atoms with van der Waals surface area (Å²) in [6.45, 7) is 9.10. The van der Waals surface area contributed by atoms with Crippen LogP contribution in [0.25, 0.3) is 0 Å². The van der Waals surface area contributed by atoms with E-state index in [4.69, 9.17) is 4.74 Å². The summed E-state index contributed by atoms with van der Waals surface area (Å²) in [5.41, 5.74) is 1.82. The Bertz CT molecular complexity index is 339. The van der Waals surface area contributed by atoms with Crippen molar-refractivity contribution >= 4 is 0 Å². The first-order valence-electron chi connectivity index (χ1n) is 6.60. The molecule has 1 aromatic rings. The fourth-order valence-electron chi connectivity index (χ4n) is 1.82. The molecule has 0 bridgehead atoms. The van der Waals surface area contributed by atoms with E-state index in [1.165, 1.54) is 25.7 Å². The van der Waals surface area contributed by atoms with Crippen molar-refractivity contribution < 1.29 is 4.74 Å². The van der Waals surface area contributed by atoms with Crippen molar-refractivity contribution in [2.75, 3.05) is 6.61 Å². The minimum Gasteiger partial charge on any atom is -0.476 e. The maximum absolute atomic E-state index is 5.77. The zero-order valence-corrected chi connectivity index (χ0v) is 11.5. The van der Waals surface area contributed by atoms with Crippen LogP contribution in [0.1, 0.15) is 50.9 Å². The molecule has 0 saturated carbocycles. The molecule has 0 saturated heterocycles. The average Bonchev–Trinajstić information content (AvgIpc) is 2.31. The molecular formula is C14H24N2O. The van der Waals surface area contributed by atoms with Crippen LogP contribution >= 0.6 is 0 Å². The Morgan fingerprint density at radius 3 is 2.65 bits per heavy atom. The maximum atomic E-state index is 5.77. The predicted molar refractivity (Wildman–Crippen MR) is 70.3 cm³/mol. The zero-order valence-electron chi connectivity index (χ0n) is 11.5. The van der Waals surface area contributed by atoms with E-state index < -0.39 is 0 Å². The van der Waals surface area contributed by atoms with Crippen LogP contribution < -0.4 is 4.74 Å². The molecule has 1 aromatic heterocycles. The molecular weight excluding hydrogens is 212 g/mol. The van der Waals surface area contributed by atoms with Gasteiger partial charge >= 0.3 is 0 Å². The van der Waals surface area contributed by atoms with Crippen LogP contribution in [0.5, 0.6) is 5.88 Å². The second kappa shape index (κ2) is 7.25. The molecule has 3 heteroatoms. The second-order valence-electron chi connectivity index (χ2n) is 4.63. The topological polar surface area (TPSA) is 35.0 Å². The number of aryl methyl sites for hydroxylation is 2. The summed E-state index contributed by atoms with van der Waals surface area (Å²) in [6.07, 6.45) is 6.69. The van der Waals surface area contributed by atoms with Crippen molar-refractivity contribution in [2.24, 2.45) is 5.92 Å². The van der Waals surface area contributed by atoms with Crippen molar-refractivity contribution in [3.8, 4) is 5.88 Å². The number of hydrogen-bond donors (Lipinski definition) is 0. The summed E-state index contributed by atoms with van der Waals surface area (Å²) in [7, 11) is 0. The molecule has 0 aromatic carbocycles. The molecule has 17 heavy (non-hydrogen) atoms. The van der Waals surface area contributed by atoms with Crippen LogP contribution in [0.4, 0.5) is 0 Å². The van der Waals surface area contributed by atoms with Gasteiger partial charge < -0.3 is 4.74 Å². The average molecular weight is 236 g/mol. The first-order valence-corrected chi connectivity index (χ1v) is 6.60. The Morgan fingerprint density at radius 1 is 1.29 bits per heavy atom. The van der Waals surface area contributed by atoms with E-state index in [9.17, 15) is 0 Å². The lowest BCUT2D eigenvalue weighted by molar-refractivity contribution is 0.223. The molecule has 0 amide bonds. The van der Waals surface area contributed by atoms with E-state index in [-0.39, 0.29) is 0 Å². The summed E-state index contributed by atoms with van der Waals surface area (Å²) in [5.74, 6) is 1.32. The number of nitrogens with zero attached hydrogens (tertiary/aromatic N) is 2. The lowest BCUT2D eigenvalue weighted by Crippen LogP contribution is -2.13. The summed E-state index contributed by atoms with van der Waals surface area (Å²) >= 11 is 0. The van der Waals surface area contributed by atoms with Gasteiger partial charge in [-0.05, 0) is 26.2 Å². The van der Waals surface area contributed by atoms with Gasteiger partial charge in [0.1, 0.15) is 0 Å². The maximum Gasteiger partial charge on any atom is 0.235 e. The highest BCUT2D eigenvalue weighted by atomic mass is 16.5. The first-order chi connectivity index (χ1) is 8.17. The second-order valence-corrected chi connectivity index (χ2v) is 4.63. The van der Waals surface area contributed by atoms with E-state index in [1.54, 1.807) is 6.20 Å². The summed E-state index contributed by atoms with van der Waals surface area (Å²) in [6, 6.07) is 0. The van der Waals surface area contributed by atoms with E-state index in [2.05, 4.69) is 23.8 Å². The monoisotopic (exact) mass is 236 g/mol. The minimum atomic E-state index is 0.637. The third-order valence-electron chi connectivity index (χ3n) is 3.02. The predicted octanol–water partition coefficient (Wildman–Crippen LogP) is 3.69. The number of aromatic nitrogens is 2. The van der Waals surface area contributed by atoms with Crippen molar-refractivity contribution in [3.05, 3.63) is 17.6 Å². The Balaban J connectivity index is 2.47. The highest BCUT2D eigenvalue weighted by Crippen LogP contribution is 2.16. The van der Waals surface area contributed by atoms with Gasteiger partial charge in [0.15, 0.2) is 0 Å². The summed E-state index contributed by atoms with van der Waals surface area (Å²) in [4.78, 5) is 8.63. The van der Waals surface area contributed by atoms with Gasteiger partial charge in [-0.15, -0.1) is 0 Å². The standard InChI is InChI=1S/C14H24N2O/c1-5-7-8-13(6-2)10-17-14-12(4)16-11(3)9-15-14/h9,13H,5-8,10H2,1-4H3. The van der Waals surface area contributed by atoms with Crippen LogP contribution in [0.15, 0.2) is 6.20 Å². The van der Waals surface area contributed by atoms with Gasteiger partial charge in [0, 0.05) is 0 Å².